The smallest absolute Gasteiger partial charge is 0.191 e. The molecule has 4 rings (SSSR count). The molecule has 7 heteroatoms. The van der Waals surface area contributed by atoms with Crippen LogP contribution in [0.15, 0.2) is 45.1 Å². The Morgan fingerprint density at radius 3 is 2.93 bits per heavy atom. The van der Waals surface area contributed by atoms with Crippen molar-refractivity contribution in [3.63, 3.8) is 0 Å². The Morgan fingerprint density at radius 2 is 2.14 bits per heavy atom. The number of fused-ring (bicyclic) bond motifs is 1. The number of furan rings is 1. The standard InChI is InChI=1S/C21H27N5OS/c1-15(19-13-16-7-3-4-8-18(16)27-19)24-20(22-2)23-10-9-17-14-28-21(25-17)26-11-5-6-12-26/h3-4,7-8,13-15H,5-6,9-12H2,1-2H3,(H2,22,23,24). The van der Waals surface area contributed by atoms with Crippen molar-refractivity contribution in [3.8, 4) is 0 Å². The second-order valence-corrected chi connectivity index (χ2v) is 7.95. The number of para-hydroxylation sites is 1. The molecule has 1 aliphatic heterocycles. The van der Waals surface area contributed by atoms with Gasteiger partial charge in [0.25, 0.3) is 0 Å². The van der Waals surface area contributed by atoms with Crippen molar-refractivity contribution < 1.29 is 4.42 Å². The molecule has 2 N–H and O–H groups in total. The third-order valence-corrected chi connectivity index (χ3v) is 5.99. The summed E-state index contributed by atoms with van der Waals surface area (Å²) in [5, 5.41) is 11.2. The molecule has 0 spiro atoms. The first-order valence-electron chi connectivity index (χ1n) is 9.88. The number of hydrogen-bond donors (Lipinski definition) is 2. The largest absolute Gasteiger partial charge is 0.459 e. The molecule has 3 heterocycles. The summed E-state index contributed by atoms with van der Waals surface area (Å²) in [5.74, 6) is 1.67. The van der Waals surface area contributed by atoms with Crippen molar-refractivity contribution in [3.05, 3.63) is 47.2 Å². The van der Waals surface area contributed by atoms with E-state index in [1.807, 2.05) is 18.2 Å². The molecule has 1 aromatic carbocycles. The number of benzene rings is 1. The lowest BCUT2D eigenvalue weighted by Crippen LogP contribution is -2.39. The molecule has 1 atom stereocenters. The number of aromatic nitrogens is 1. The van der Waals surface area contributed by atoms with E-state index in [0.717, 1.165) is 59.6 Å². The zero-order chi connectivity index (χ0) is 19.3. The van der Waals surface area contributed by atoms with Gasteiger partial charge in [-0.25, -0.2) is 4.98 Å². The quantitative estimate of drug-likeness (QED) is 0.487. The van der Waals surface area contributed by atoms with E-state index in [-0.39, 0.29) is 6.04 Å². The molecule has 2 aromatic heterocycles. The Balaban J connectivity index is 1.28. The summed E-state index contributed by atoms with van der Waals surface area (Å²) in [4.78, 5) is 11.5. The van der Waals surface area contributed by atoms with E-state index in [0.29, 0.717) is 0 Å². The fourth-order valence-corrected chi connectivity index (χ4v) is 4.37. The van der Waals surface area contributed by atoms with Crippen molar-refractivity contribution in [2.45, 2.75) is 32.2 Å². The molecule has 0 radical (unpaired) electrons. The Hall–Kier alpha value is -2.54. The van der Waals surface area contributed by atoms with Crippen molar-refractivity contribution in [1.29, 1.82) is 0 Å². The van der Waals surface area contributed by atoms with Crippen LogP contribution < -0.4 is 15.5 Å². The van der Waals surface area contributed by atoms with E-state index in [2.05, 4.69) is 45.0 Å². The van der Waals surface area contributed by atoms with Gasteiger partial charge in [-0.15, -0.1) is 11.3 Å². The van der Waals surface area contributed by atoms with Crippen LogP contribution in [0.2, 0.25) is 0 Å². The lowest BCUT2D eigenvalue weighted by molar-refractivity contribution is 0.488. The van der Waals surface area contributed by atoms with Crippen molar-refractivity contribution >= 4 is 33.4 Å². The van der Waals surface area contributed by atoms with E-state index < -0.39 is 0 Å². The first kappa shape index (κ1) is 18.8. The van der Waals surface area contributed by atoms with Gasteiger partial charge in [0.05, 0.1) is 11.7 Å². The average Bonchev–Trinajstić information content (AvgIpc) is 3.46. The van der Waals surface area contributed by atoms with Gasteiger partial charge in [0.1, 0.15) is 11.3 Å². The molecule has 28 heavy (non-hydrogen) atoms. The molecule has 0 aliphatic carbocycles. The lowest BCUT2D eigenvalue weighted by Gasteiger charge is -2.16. The maximum Gasteiger partial charge on any atom is 0.191 e. The van der Waals surface area contributed by atoms with Gasteiger partial charge in [-0.2, -0.15) is 0 Å². The van der Waals surface area contributed by atoms with Crippen molar-refractivity contribution in [2.24, 2.45) is 4.99 Å². The number of thiazole rings is 1. The monoisotopic (exact) mass is 397 g/mol. The highest BCUT2D eigenvalue weighted by molar-refractivity contribution is 7.13. The summed E-state index contributed by atoms with van der Waals surface area (Å²) < 4.78 is 5.94. The van der Waals surface area contributed by atoms with Crippen LogP contribution in [0, 0.1) is 0 Å². The van der Waals surface area contributed by atoms with E-state index in [9.17, 15) is 0 Å². The summed E-state index contributed by atoms with van der Waals surface area (Å²) in [7, 11) is 1.79. The average molecular weight is 398 g/mol. The first-order valence-corrected chi connectivity index (χ1v) is 10.8. The van der Waals surface area contributed by atoms with Crippen molar-refractivity contribution in [1.82, 2.24) is 15.6 Å². The molecular weight excluding hydrogens is 370 g/mol. The van der Waals surface area contributed by atoms with Crippen molar-refractivity contribution in [2.75, 3.05) is 31.6 Å². The summed E-state index contributed by atoms with van der Waals surface area (Å²) in [5.41, 5.74) is 2.05. The minimum atomic E-state index is 0.0274. The second kappa shape index (κ2) is 8.65. The van der Waals surface area contributed by atoms with Gasteiger partial charge in [0.2, 0.25) is 0 Å². The van der Waals surface area contributed by atoms with Crippen LogP contribution in [0.5, 0.6) is 0 Å². The summed E-state index contributed by atoms with van der Waals surface area (Å²) in [6, 6.07) is 10.2. The third kappa shape index (κ3) is 4.30. The van der Waals surface area contributed by atoms with Crippen LogP contribution in [0.1, 0.15) is 37.3 Å². The molecule has 1 aliphatic rings. The fraction of sp³-hybridized carbons (Fsp3) is 0.429. The van der Waals surface area contributed by atoms with E-state index >= 15 is 0 Å². The SMILES string of the molecule is CN=C(NCCc1csc(N2CCCC2)n1)NC(C)c1cc2ccccc2o1. The van der Waals surface area contributed by atoms with Crippen LogP contribution in [-0.4, -0.2) is 37.6 Å². The topological polar surface area (TPSA) is 65.7 Å². The normalized spacial score (nSPS) is 15.9. The number of hydrogen-bond acceptors (Lipinski definition) is 5. The molecule has 148 valence electrons. The van der Waals surface area contributed by atoms with Gasteiger partial charge in [0.15, 0.2) is 11.1 Å². The molecule has 0 bridgehead atoms. The number of rotatable bonds is 6. The van der Waals surface area contributed by atoms with Gasteiger partial charge in [0, 0.05) is 43.9 Å². The summed E-state index contributed by atoms with van der Waals surface area (Å²) >= 11 is 1.75. The maximum atomic E-state index is 5.94. The number of nitrogens with zero attached hydrogens (tertiary/aromatic N) is 3. The number of aliphatic imine (C=N–C) groups is 1. The number of anilines is 1. The molecule has 1 unspecified atom stereocenters. The number of nitrogens with one attached hydrogen (secondary N) is 2. The van der Waals surface area contributed by atoms with Gasteiger partial charge in [-0.3, -0.25) is 4.99 Å². The zero-order valence-electron chi connectivity index (χ0n) is 16.4. The van der Waals surface area contributed by atoms with Gasteiger partial charge < -0.3 is 20.0 Å². The van der Waals surface area contributed by atoms with Crippen LogP contribution in [0.25, 0.3) is 11.0 Å². The van der Waals surface area contributed by atoms with Crippen LogP contribution >= 0.6 is 11.3 Å². The highest BCUT2D eigenvalue weighted by Crippen LogP contribution is 2.25. The minimum Gasteiger partial charge on any atom is -0.459 e. The van der Waals surface area contributed by atoms with E-state index in [4.69, 9.17) is 9.40 Å². The molecular formula is C21H27N5OS. The maximum absolute atomic E-state index is 5.94. The highest BCUT2D eigenvalue weighted by atomic mass is 32.1. The predicted molar refractivity (Wildman–Crippen MR) is 116 cm³/mol. The molecule has 3 aromatic rings. The zero-order valence-corrected chi connectivity index (χ0v) is 17.3. The number of guanidine groups is 1. The lowest BCUT2D eigenvalue weighted by atomic mass is 10.2. The summed E-state index contributed by atoms with van der Waals surface area (Å²) in [6.45, 7) is 5.14. The van der Waals surface area contributed by atoms with Crippen LogP contribution in [0.3, 0.4) is 0 Å². The Labute approximate surface area is 169 Å². The Kier molecular flexibility index (Phi) is 5.81. The molecule has 1 saturated heterocycles. The predicted octanol–water partition coefficient (Wildman–Crippen LogP) is 3.96. The van der Waals surface area contributed by atoms with Gasteiger partial charge in [-0.1, -0.05) is 18.2 Å². The molecule has 6 nitrogen and oxygen atoms in total. The van der Waals surface area contributed by atoms with Crippen LogP contribution in [0.4, 0.5) is 5.13 Å². The molecule has 1 fully saturated rings. The Morgan fingerprint density at radius 1 is 1.32 bits per heavy atom. The van der Waals surface area contributed by atoms with Gasteiger partial charge >= 0.3 is 0 Å². The molecule has 0 amide bonds. The van der Waals surface area contributed by atoms with E-state index in [1.165, 1.54) is 12.8 Å². The highest BCUT2D eigenvalue weighted by Gasteiger charge is 2.16. The Bertz CT molecular complexity index is 908. The second-order valence-electron chi connectivity index (χ2n) is 7.12. The fourth-order valence-electron chi connectivity index (χ4n) is 3.46. The first-order chi connectivity index (χ1) is 13.7. The van der Waals surface area contributed by atoms with Crippen LogP contribution in [-0.2, 0) is 6.42 Å². The molecule has 0 saturated carbocycles. The minimum absolute atomic E-state index is 0.0274. The third-order valence-electron chi connectivity index (χ3n) is 5.04. The van der Waals surface area contributed by atoms with E-state index in [1.54, 1.807) is 18.4 Å². The summed E-state index contributed by atoms with van der Waals surface area (Å²) in [6.07, 6.45) is 3.44. The van der Waals surface area contributed by atoms with Gasteiger partial charge in [-0.05, 0) is 31.9 Å².